The van der Waals surface area contributed by atoms with Gasteiger partial charge in [-0.25, -0.2) is 18.2 Å². The molecule has 1 heterocycles. The summed E-state index contributed by atoms with van der Waals surface area (Å²) in [6, 6.07) is 5.87. The summed E-state index contributed by atoms with van der Waals surface area (Å²) in [5.74, 6) is -4.73. The van der Waals surface area contributed by atoms with Crippen molar-refractivity contribution in [2.75, 3.05) is 13.7 Å². The van der Waals surface area contributed by atoms with Crippen LogP contribution >= 0.6 is 0 Å². The molecule has 0 radical (unpaired) electrons. The zero-order valence-electron chi connectivity index (χ0n) is 15.0. The molecule has 0 spiro atoms. The Morgan fingerprint density at radius 3 is 2.66 bits per heavy atom. The van der Waals surface area contributed by atoms with Crippen LogP contribution in [-0.4, -0.2) is 29.7 Å². The fraction of sp³-hybridized carbons (Fsp3) is 0.158. The minimum Gasteiger partial charge on any atom is -0.497 e. The van der Waals surface area contributed by atoms with Crippen LogP contribution < -0.4 is 15.2 Å². The van der Waals surface area contributed by atoms with Crippen LogP contribution in [0.15, 0.2) is 41.0 Å². The molecule has 0 aliphatic rings. The van der Waals surface area contributed by atoms with Gasteiger partial charge in [0.15, 0.2) is 17.7 Å². The number of nitrogens with two attached hydrogens (primary N) is 1. The maximum atomic E-state index is 14.1. The third-order valence-corrected chi connectivity index (χ3v) is 3.96. The molecule has 0 bridgehead atoms. The number of ether oxygens (including phenoxy) is 2. The molecule has 10 heteroatoms. The highest BCUT2D eigenvalue weighted by Crippen LogP contribution is 2.28. The number of oxazole rings is 1. The van der Waals surface area contributed by atoms with Gasteiger partial charge in [0.25, 0.3) is 5.91 Å². The summed E-state index contributed by atoms with van der Waals surface area (Å²) in [5.41, 5.74) is 4.21. The van der Waals surface area contributed by atoms with Crippen LogP contribution in [-0.2, 0) is 0 Å². The molecule has 1 amide bonds. The van der Waals surface area contributed by atoms with Crippen LogP contribution in [0.5, 0.6) is 11.5 Å². The van der Waals surface area contributed by atoms with Crippen molar-refractivity contribution in [2.24, 2.45) is 5.73 Å². The first-order valence-corrected chi connectivity index (χ1v) is 8.19. The quantitative estimate of drug-likeness (QED) is 0.622. The fourth-order valence-electron chi connectivity index (χ4n) is 2.51. The van der Waals surface area contributed by atoms with Gasteiger partial charge < -0.3 is 24.7 Å². The molecule has 0 fully saturated rings. The highest BCUT2D eigenvalue weighted by Gasteiger charge is 2.22. The van der Waals surface area contributed by atoms with Crippen molar-refractivity contribution in [2.45, 2.75) is 6.10 Å². The lowest BCUT2D eigenvalue weighted by Gasteiger charge is -2.11. The van der Waals surface area contributed by atoms with Crippen molar-refractivity contribution in [1.29, 1.82) is 0 Å². The van der Waals surface area contributed by atoms with E-state index >= 15 is 0 Å². The van der Waals surface area contributed by atoms with E-state index in [4.69, 9.17) is 19.6 Å². The summed E-state index contributed by atoms with van der Waals surface area (Å²) in [7, 11) is 1.40. The Morgan fingerprint density at radius 1 is 1.24 bits per heavy atom. The molecule has 0 saturated heterocycles. The molecule has 3 aromatic rings. The number of amides is 1. The molecule has 152 valence electrons. The largest absolute Gasteiger partial charge is 0.497 e. The number of nitrogens with zero attached hydrogens (tertiary/aromatic N) is 1. The number of primary amides is 1. The second-order valence-electron chi connectivity index (χ2n) is 5.84. The van der Waals surface area contributed by atoms with E-state index in [-0.39, 0.29) is 17.1 Å². The van der Waals surface area contributed by atoms with Crippen LogP contribution in [0.1, 0.15) is 22.4 Å². The lowest BCUT2D eigenvalue weighted by molar-refractivity contribution is 0.0819. The molecule has 1 aromatic heterocycles. The molecule has 3 rings (SSSR count). The van der Waals surface area contributed by atoms with E-state index in [1.165, 1.54) is 19.2 Å². The predicted molar refractivity (Wildman–Crippen MR) is 93.8 cm³/mol. The van der Waals surface area contributed by atoms with E-state index in [1.54, 1.807) is 0 Å². The molecule has 3 N–H and O–H groups in total. The second kappa shape index (κ2) is 8.23. The number of aromatic nitrogens is 1. The maximum absolute atomic E-state index is 14.1. The number of halogens is 3. The number of benzene rings is 2. The third-order valence-electron chi connectivity index (χ3n) is 3.96. The summed E-state index contributed by atoms with van der Waals surface area (Å²) < 4.78 is 56.9. The number of hydrogen-bond donors (Lipinski definition) is 2. The van der Waals surface area contributed by atoms with E-state index in [2.05, 4.69) is 4.98 Å². The van der Waals surface area contributed by atoms with Gasteiger partial charge in [0.2, 0.25) is 5.89 Å². The van der Waals surface area contributed by atoms with Crippen LogP contribution in [0.25, 0.3) is 11.3 Å². The van der Waals surface area contributed by atoms with Gasteiger partial charge >= 0.3 is 0 Å². The Balaban J connectivity index is 1.74. The Bertz CT molecular complexity index is 1050. The van der Waals surface area contributed by atoms with Gasteiger partial charge in [0, 0.05) is 11.6 Å². The second-order valence-corrected chi connectivity index (χ2v) is 5.84. The Kier molecular flexibility index (Phi) is 5.74. The van der Waals surface area contributed by atoms with Crippen molar-refractivity contribution in [3.05, 3.63) is 65.5 Å². The number of aliphatic hydroxyl groups is 1. The van der Waals surface area contributed by atoms with Crippen molar-refractivity contribution < 1.29 is 37.0 Å². The molecular weight excluding hydrogens is 393 g/mol. The normalized spacial score (nSPS) is 11.9. The average Bonchev–Trinajstić information content (AvgIpc) is 3.16. The number of aliphatic hydroxyl groups excluding tert-OH is 1. The van der Waals surface area contributed by atoms with Gasteiger partial charge in [-0.3, -0.25) is 4.79 Å². The number of hydrogen-bond acceptors (Lipinski definition) is 6. The highest BCUT2D eigenvalue weighted by atomic mass is 19.1. The SMILES string of the molecule is COc1ccc(-c2coc(C(O)COc3ccc(F)c(C(N)=O)c3F)n2)c(F)c1. The molecule has 2 aromatic carbocycles. The molecule has 7 nitrogen and oxygen atoms in total. The first-order valence-electron chi connectivity index (χ1n) is 8.19. The topological polar surface area (TPSA) is 108 Å². The van der Waals surface area contributed by atoms with Crippen molar-refractivity contribution in [3.8, 4) is 22.8 Å². The summed E-state index contributed by atoms with van der Waals surface area (Å²) in [4.78, 5) is 15.1. The number of carbonyl (C=O) groups is 1. The molecule has 1 atom stereocenters. The number of carbonyl (C=O) groups excluding carboxylic acids is 1. The average molecular weight is 408 g/mol. The first kappa shape index (κ1) is 20.2. The van der Waals surface area contributed by atoms with Crippen LogP contribution in [0.2, 0.25) is 0 Å². The van der Waals surface area contributed by atoms with Crippen molar-refractivity contribution in [3.63, 3.8) is 0 Å². The summed E-state index contributed by atoms with van der Waals surface area (Å²) in [6.45, 7) is -0.536. The zero-order valence-corrected chi connectivity index (χ0v) is 15.0. The minimum absolute atomic E-state index is 0.114. The summed E-state index contributed by atoms with van der Waals surface area (Å²) in [5, 5.41) is 10.1. The van der Waals surface area contributed by atoms with E-state index in [9.17, 15) is 23.1 Å². The van der Waals surface area contributed by atoms with Gasteiger partial charge in [-0.15, -0.1) is 0 Å². The lowest BCUT2D eigenvalue weighted by Crippen LogP contribution is -2.17. The van der Waals surface area contributed by atoms with Crippen LogP contribution in [0.3, 0.4) is 0 Å². The van der Waals surface area contributed by atoms with Gasteiger partial charge in [0.05, 0.1) is 7.11 Å². The van der Waals surface area contributed by atoms with E-state index in [1.807, 2.05) is 0 Å². The number of methoxy groups -OCH3 is 1. The van der Waals surface area contributed by atoms with Gasteiger partial charge in [-0.1, -0.05) is 0 Å². The number of rotatable bonds is 7. The predicted octanol–water partition coefficient (Wildman–Crippen LogP) is 2.98. The maximum Gasteiger partial charge on any atom is 0.254 e. The minimum atomic E-state index is -1.45. The van der Waals surface area contributed by atoms with E-state index in [0.29, 0.717) is 5.75 Å². The highest BCUT2D eigenvalue weighted by molar-refractivity contribution is 5.93. The lowest BCUT2D eigenvalue weighted by atomic mass is 10.1. The molecule has 0 aliphatic heterocycles. The van der Waals surface area contributed by atoms with Crippen LogP contribution in [0.4, 0.5) is 13.2 Å². The summed E-state index contributed by atoms with van der Waals surface area (Å²) >= 11 is 0. The molecule has 1 unspecified atom stereocenters. The Morgan fingerprint density at radius 2 is 2.00 bits per heavy atom. The van der Waals surface area contributed by atoms with E-state index < -0.39 is 47.4 Å². The third kappa shape index (κ3) is 4.16. The van der Waals surface area contributed by atoms with Gasteiger partial charge in [-0.2, -0.15) is 0 Å². The fourth-order valence-corrected chi connectivity index (χ4v) is 2.51. The van der Waals surface area contributed by atoms with Crippen molar-refractivity contribution in [1.82, 2.24) is 4.98 Å². The molecule has 0 saturated carbocycles. The standard InChI is InChI=1S/C19H15F3N2O5/c1-27-9-2-3-10(12(21)6-9)13-7-29-19(24-13)14(25)8-28-15-5-4-11(20)16(17(15)22)18(23)26/h2-7,14,25H,8H2,1H3,(H2,23,26). The van der Waals surface area contributed by atoms with Crippen molar-refractivity contribution >= 4 is 5.91 Å². The Labute approximate surface area is 162 Å². The summed E-state index contributed by atoms with van der Waals surface area (Å²) in [6.07, 6.45) is -0.320. The molecular formula is C19H15F3N2O5. The monoisotopic (exact) mass is 408 g/mol. The van der Waals surface area contributed by atoms with Crippen LogP contribution in [0, 0.1) is 17.5 Å². The molecule has 0 aliphatic carbocycles. The zero-order chi connectivity index (χ0) is 21.1. The van der Waals surface area contributed by atoms with Gasteiger partial charge in [0.1, 0.15) is 41.5 Å². The van der Waals surface area contributed by atoms with E-state index in [0.717, 1.165) is 24.5 Å². The molecule has 29 heavy (non-hydrogen) atoms. The van der Waals surface area contributed by atoms with Gasteiger partial charge in [-0.05, 0) is 24.3 Å². The Hall–Kier alpha value is -3.53. The smallest absolute Gasteiger partial charge is 0.254 e. The first-order chi connectivity index (χ1) is 13.8.